The van der Waals surface area contributed by atoms with Crippen molar-refractivity contribution in [2.45, 2.75) is 6.61 Å². The molecule has 0 N–H and O–H groups in total. The predicted molar refractivity (Wildman–Crippen MR) is 130 cm³/mol. The van der Waals surface area contributed by atoms with Gasteiger partial charge in [0.25, 0.3) is 0 Å². The van der Waals surface area contributed by atoms with E-state index in [2.05, 4.69) is 0 Å². The molecule has 0 saturated carbocycles. The summed E-state index contributed by atoms with van der Waals surface area (Å²) in [6.45, 7) is 0.356. The first-order valence-electron chi connectivity index (χ1n) is 10.5. The predicted octanol–water partition coefficient (Wildman–Crippen LogP) is 5.20. The fourth-order valence-corrected chi connectivity index (χ4v) is 3.29. The summed E-state index contributed by atoms with van der Waals surface area (Å²) < 4.78 is 32.6. The maximum absolute atomic E-state index is 12.8. The zero-order valence-electron chi connectivity index (χ0n) is 19.9. The average Bonchev–Trinajstić information content (AvgIpc) is 2.89. The normalized spacial score (nSPS) is 10.6. The van der Waals surface area contributed by atoms with Crippen molar-refractivity contribution < 1.29 is 33.2 Å². The van der Waals surface area contributed by atoms with Crippen LogP contribution in [0.3, 0.4) is 0 Å². The molecular formula is C27H28O7. The fourth-order valence-electron chi connectivity index (χ4n) is 3.29. The first kappa shape index (κ1) is 24.5. The second-order valence-electron chi connectivity index (χ2n) is 7.16. The van der Waals surface area contributed by atoms with Gasteiger partial charge in [-0.05, 0) is 59.7 Å². The van der Waals surface area contributed by atoms with Crippen LogP contribution in [0.15, 0.2) is 60.7 Å². The van der Waals surface area contributed by atoms with Crippen molar-refractivity contribution in [1.29, 1.82) is 0 Å². The smallest absolute Gasteiger partial charge is 0.203 e. The Labute approximate surface area is 199 Å². The molecule has 0 bridgehead atoms. The van der Waals surface area contributed by atoms with Crippen molar-refractivity contribution in [3.05, 3.63) is 77.4 Å². The summed E-state index contributed by atoms with van der Waals surface area (Å²) in [5.41, 5.74) is 2.18. The minimum atomic E-state index is -0.186. The van der Waals surface area contributed by atoms with Crippen molar-refractivity contribution >= 4 is 11.9 Å². The second kappa shape index (κ2) is 11.7. The van der Waals surface area contributed by atoms with Crippen LogP contribution in [-0.2, 0) is 6.61 Å². The van der Waals surface area contributed by atoms with Crippen molar-refractivity contribution in [3.63, 3.8) is 0 Å². The summed E-state index contributed by atoms with van der Waals surface area (Å²) in [7, 11) is 7.78. The number of carbonyl (C=O) groups is 1. The fraction of sp³-hybridized carbons (Fsp3) is 0.222. The van der Waals surface area contributed by atoms with Crippen LogP contribution in [0.2, 0.25) is 0 Å². The molecule has 3 aromatic rings. The molecule has 0 atom stereocenters. The molecule has 0 spiro atoms. The minimum absolute atomic E-state index is 0.186. The van der Waals surface area contributed by atoms with Gasteiger partial charge < -0.3 is 28.4 Å². The largest absolute Gasteiger partial charge is 0.497 e. The molecule has 3 rings (SSSR count). The Hall–Kier alpha value is -4.13. The molecule has 7 heteroatoms. The lowest BCUT2D eigenvalue weighted by molar-refractivity contribution is 0.104. The van der Waals surface area contributed by atoms with Crippen LogP contribution in [0.4, 0.5) is 0 Å². The quantitative estimate of drug-likeness (QED) is 0.285. The summed E-state index contributed by atoms with van der Waals surface area (Å²) in [6, 6.07) is 16.2. The molecule has 0 aliphatic heterocycles. The Morgan fingerprint density at radius 1 is 0.706 bits per heavy atom. The molecule has 178 valence electrons. The van der Waals surface area contributed by atoms with E-state index in [4.69, 9.17) is 28.4 Å². The van der Waals surface area contributed by atoms with Crippen LogP contribution in [0.1, 0.15) is 21.5 Å². The number of ether oxygens (including phenoxy) is 6. The van der Waals surface area contributed by atoms with Gasteiger partial charge in [-0.25, -0.2) is 0 Å². The maximum atomic E-state index is 12.8. The van der Waals surface area contributed by atoms with Gasteiger partial charge >= 0.3 is 0 Å². The Morgan fingerprint density at radius 2 is 1.35 bits per heavy atom. The standard InChI is InChI=1S/C27H28O7/c1-29-21-10-6-18(7-11-21)17-34-23-13-9-20(16-24(23)30-2)22(28)12-8-19-14-25(31-3)27(33-5)26(15-19)32-4/h6-16H,17H2,1-5H3/b12-8+. The Morgan fingerprint density at radius 3 is 1.91 bits per heavy atom. The van der Waals surface area contributed by atoms with E-state index in [9.17, 15) is 4.79 Å². The number of carbonyl (C=O) groups excluding carboxylic acids is 1. The van der Waals surface area contributed by atoms with E-state index in [0.29, 0.717) is 40.9 Å². The molecule has 0 aliphatic carbocycles. The second-order valence-corrected chi connectivity index (χ2v) is 7.16. The number of allylic oxidation sites excluding steroid dienone is 1. The highest BCUT2D eigenvalue weighted by Crippen LogP contribution is 2.38. The lowest BCUT2D eigenvalue weighted by Crippen LogP contribution is -2.00. The van der Waals surface area contributed by atoms with Crippen LogP contribution in [0.5, 0.6) is 34.5 Å². The highest BCUT2D eigenvalue weighted by molar-refractivity contribution is 6.07. The number of hydrogen-bond donors (Lipinski definition) is 0. The molecule has 0 unspecified atom stereocenters. The van der Waals surface area contributed by atoms with E-state index >= 15 is 0 Å². The number of benzene rings is 3. The van der Waals surface area contributed by atoms with Gasteiger partial charge in [-0.1, -0.05) is 18.2 Å². The minimum Gasteiger partial charge on any atom is -0.497 e. The number of methoxy groups -OCH3 is 5. The van der Waals surface area contributed by atoms with Gasteiger partial charge in [0.05, 0.1) is 35.5 Å². The Kier molecular flexibility index (Phi) is 8.40. The molecule has 7 nitrogen and oxygen atoms in total. The molecule has 0 radical (unpaired) electrons. The first-order valence-corrected chi connectivity index (χ1v) is 10.5. The van der Waals surface area contributed by atoms with Crippen LogP contribution in [-0.4, -0.2) is 41.3 Å². The van der Waals surface area contributed by atoms with E-state index < -0.39 is 0 Å². The van der Waals surface area contributed by atoms with Gasteiger partial charge in [0, 0.05) is 5.56 Å². The van der Waals surface area contributed by atoms with E-state index in [1.165, 1.54) is 20.3 Å². The maximum Gasteiger partial charge on any atom is 0.203 e. The van der Waals surface area contributed by atoms with Crippen LogP contribution in [0, 0.1) is 0 Å². The van der Waals surface area contributed by atoms with Gasteiger partial charge in [-0.2, -0.15) is 0 Å². The third-order valence-electron chi connectivity index (χ3n) is 5.12. The van der Waals surface area contributed by atoms with E-state index in [0.717, 1.165) is 16.9 Å². The van der Waals surface area contributed by atoms with Crippen molar-refractivity contribution in [2.24, 2.45) is 0 Å². The lowest BCUT2D eigenvalue weighted by atomic mass is 10.1. The van der Waals surface area contributed by atoms with Gasteiger partial charge in [0.15, 0.2) is 28.8 Å². The number of hydrogen-bond acceptors (Lipinski definition) is 7. The highest BCUT2D eigenvalue weighted by atomic mass is 16.5. The summed E-state index contributed by atoms with van der Waals surface area (Å²) in [5, 5.41) is 0. The monoisotopic (exact) mass is 464 g/mol. The molecule has 0 aliphatic rings. The van der Waals surface area contributed by atoms with Crippen LogP contribution in [0.25, 0.3) is 6.08 Å². The van der Waals surface area contributed by atoms with Gasteiger partial charge in [0.2, 0.25) is 5.75 Å². The average molecular weight is 465 g/mol. The molecule has 0 heterocycles. The molecule has 34 heavy (non-hydrogen) atoms. The van der Waals surface area contributed by atoms with Crippen molar-refractivity contribution in [2.75, 3.05) is 35.5 Å². The first-order chi connectivity index (χ1) is 16.5. The van der Waals surface area contributed by atoms with Crippen LogP contribution < -0.4 is 28.4 Å². The van der Waals surface area contributed by atoms with Crippen molar-refractivity contribution in [1.82, 2.24) is 0 Å². The van der Waals surface area contributed by atoms with E-state index in [1.54, 1.807) is 57.7 Å². The zero-order valence-corrected chi connectivity index (χ0v) is 19.9. The van der Waals surface area contributed by atoms with Crippen LogP contribution >= 0.6 is 0 Å². The number of rotatable bonds is 11. The number of ketones is 1. The molecule has 0 fully saturated rings. The molecular weight excluding hydrogens is 436 g/mol. The Balaban J connectivity index is 1.74. The summed E-state index contributed by atoms with van der Waals surface area (Å²) >= 11 is 0. The van der Waals surface area contributed by atoms with Crippen molar-refractivity contribution in [3.8, 4) is 34.5 Å². The highest BCUT2D eigenvalue weighted by Gasteiger charge is 2.13. The lowest BCUT2D eigenvalue weighted by Gasteiger charge is -2.13. The van der Waals surface area contributed by atoms with Gasteiger partial charge in [0.1, 0.15) is 12.4 Å². The summed E-state index contributed by atoms with van der Waals surface area (Å²) in [4.78, 5) is 12.8. The Bertz CT molecular complexity index is 1130. The van der Waals surface area contributed by atoms with E-state index in [1.807, 2.05) is 24.3 Å². The third-order valence-corrected chi connectivity index (χ3v) is 5.12. The third kappa shape index (κ3) is 5.81. The topological polar surface area (TPSA) is 72.5 Å². The van der Waals surface area contributed by atoms with E-state index in [-0.39, 0.29) is 5.78 Å². The molecule has 3 aromatic carbocycles. The SMILES string of the molecule is COc1ccc(COc2ccc(C(=O)/C=C/c3cc(OC)c(OC)c(OC)c3)cc2OC)cc1. The van der Waals surface area contributed by atoms with Gasteiger partial charge in [-0.3, -0.25) is 4.79 Å². The summed E-state index contributed by atoms with van der Waals surface area (Å²) in [5.74, 6) is 3.12. The summed E-state index contributed by atoms with van der Waals surface area (Å²) in [6.07, 6.45) is 3.17. The molecule has 0 aromatic heterocycles. The molecule has 0 saturated heterocycles. The van der Waals surface area contributed by atoms with Gasteiger partial charge in [-0.15, -0.1) is 0 Å². The molecule has 0 amide bonds. The zero-order chi connectivity index (χ0) is 24.5.